The molecule has 118 valence electrons. The fourth-order valence-corrected chi connectivity index (χ4v) is 2.00. The molecule has 0 fully saturated rings. The summed E-state index contributed by atoms with van der Waals surface area (Å²) in [7, 11) is 0. The van der Waals surface area contributed by atoms with Crippen molar-refractivity contribution < 1.29 is 14.0 Å². The van der Waals surface area contributed by atoms with E-state index >= 15 is 0 Å². The Labute approximate surface area is 142 Å². The average molecular weight is 375 g/mol. The van der Waals surface area contributed by atoms with Crippen LogP contribution in [0.25, 0.3) is 6.08 Å². The summed E-state index contributed by atoms with van der Waals surface area (Å²) in [5.41, 5.74) is 0.896. The minimum atomic E-state index is -0.493. The lowest BCUT2D eigenvalue weighted by Crippen LogP contribution is -2.34. The third-order valence-electron chi connectivity index (χ3n) is 2.83. The van der Waals surface area contributed by atoms with Crippen molar-refractivity contribution >= 4 is 33.8 Å². The predicted molar refractivity (Wildman–Crippen MR) is 91.5 cm³/mol. The second-order valence-corrected chi connectivity index (χ2v) is 5.46. The molecule has 1 heterocycles. The highest BCUT2D eigenvalue weighted by Crippen LogP contribution is 2.13. The molecule has 6 heteroatoms. The van der Waals surface area contributed by atoms with E-state index < -0.39 is 11.8 Å². The predicted octanol–water partition coefficient (Wildman–Crippen LogP) is 3.12. The van der Waals surface area contributed by atoms with E-state index in [1.54, 1.807) is 18.2 Å². The van der Waals surface area contributed by atoms with Gasteiger partial charge in [0, 0.05) is 11.0 Å². The fraction of sp³-hybridized carbons (Fsp3) is 0.0588. The molecule has 0 aliphatic heterocycles. The van der Waals surface area contributed by atoms with Crippen LogP contribution in [0.2, 0.25) is 0 Å². The topological polar surface area (TPSA) is 71.3 Å². The van der Waals surface area contributed by atoms with E-state index in [0.717, 1.165) is 10.0 Å². The molecular weight excluding hydrogens is 360 g/mol. The van der Waals surface area contributed by atoms with Crippen molar-refractivity contribution in [2.24, 2.45) is 0 Å². The van der Waals surface area contributed by atoms with Crippen LogP contribution in [-0.2, 0) is 4.79 Å². The summed E-state index contributed by atoms with van der Waals surface area (Å²) in [6, 6.07) is 10.5. The zero-order valence-electron chi connectivity index (χ0n) is 12.2. The summed E-state index contributed by atoms with van der Waals surface area (Å²) in [4.78, 5) is 24.3. The van der Waals surface area contributed by atoms with Gasteiger partial charge in [-0.2, -0.15) is 0 Å². The Balaban J connectivity index is 2.23. The lowest BCUT2D eigenvalue weighted by Gasteiger charge is -2.09. The largest absolute Gasteiger partial charge is 0.459 e. The molecule has 23 heavy (non-hydrogen) atoms. The molecule has 0 spiro atoms. The SMILES string of the molecule is C=CCNC(=O)/C(=C\c1ccc(Br)cc1)NC(=O)c1ccco1. The third kappa shape index (κ3) is 4.96. The normalized spacial score (nSPS) is 10.9. The minimum Gasteiger partial charge on any atom is -0.459 e. The zero-order valence-corrected chi connectivity index (χ0v) is 13.8. The Morgan fingerprint density at radius 2 is 1.96 bits per heavy atom. The lowest BCUT2D eigenvalue weighted by atomic mass is 10.2. The van der Waals surface area contributed by atoms with Crippen molar-refractivity contribution in [1.29, 1.82) is 0 Å². The van der Waals surface area contributed by atoms with Crippen molar-refractivity contribution in [2.75, 3.05) is 6.54 Å². The molecule has 0 aliphatic rings. The first kappa shape index (κ1) is 16.8. The minimum absolute atomic E-state index is 0.121. The number of hydrogen-bond acceptors (Lipinski definition) is 3. The molecule has 2 N–H and O–H groups in total. The summed E-state index contributed by atoms with van der Waals surface area (Å²) in [5.74, 6) is -0.775. The van der Waals surface area contributed by atoms with Gasteiger partial charge in [0.05, 0.1) is 6.26 Å². The van der Waals surface area contributed by atoms with E-state index in [4.69, 9.17) is 4.42 Å². The first-order valence-corrected chi connectivity index (χ1v) is 7.60. The van der Waals surface area contributed by atoms with E-state index in [-0.39, 0.29) is 11.5 Å². The van der Waals surface area contributed by atoms with E-state index in [9.17, 15) is 9.59 Å². The van der Waals surface area contributed by atoms with E-state index in [2.05, 4.69) is 33.1 Å². The summed E-state index contributed by atoms with van der Waals surface area (Å²) < 4.78 is 5.95. The maximum absolute atomic E-state index is 12.2. The maximum atomic E-state index is 12.2. The second kappa shape index (κ2) is 8.14. The van der Waals surface area contributed by atoms with E-state index in [0.29, 0.717) is 6.54 Å². The van der Waals surface area contributed by atoms with Crippen molar-refractivity contribution in [2.45, 2.75) is 0 Å². The van der Waals surface area contributed by atoms with Gasteiger partial charge in [-0.05, 0) is 35.9 Å². The first-order valence-electron chi connectivity index (χ1n) is 6.81. The molecule has 1 aromatic heterocycles. The Kier molecular flexibility index (Phi) is 5.94. The zero-order chi connectivity index (χ0) is 16.7. The van der Waals surface area contributed by atoms with Crippen LogP contribution in [0.1, 0.15) is 16.1 Å². The Bertz CT molecular complexity index is 719. The number of furan rings is 1. The molecule has 0 saturated heterocycles. The number of carbonyl (C=O) groups is 2. The monoisotopic (exact) mass is 374 g/mol. The van der Waals surface area contributed by atoms with Gasteiger partial charge in [0.2, 0.25) is 0 Å². The molecule has 2 aromatic rings. The molecule has 2 amide bonds. The molecule has 0 radical (unpaired) electrons. The smallest absolute Gasteiger partial charge is 0.291 e. The van der Waals surface area contributed by atoms with Crippen molar-refractivity contribution in [3.63, 3.8) is 0 Å². The lowest BCUT2D eigenvalue weighted by molar-refractivity contribution is -0.117. The van der Waals surface area contributed by atoms with Crippen LogP contribution in [0.3, 0.4) is 0 Å². The van der Waals surface area contributed by atoms with Crippen LogP contribution in [0.4, 0.5) is 0 Å². The number of rotatable bonds is 6. The Morgan fingerprint density at radius 1 is 1.22 bits per heavy atom. The van der Waals surface area contributed by atoms with Gasteiger partial charge in [-0.3, -0.25) is 9.59 Å². The molecule has 0 saturated carbocycles. The third-order valence-corrected chi connectivity index (χ3v) is 3.35. The second-order valence-electron chi connectivity index (χ2n) is 4.54. The Morgan fingerprint density at radius 3 is 2.57 bits per heavy atom. The average Bonchev–Trinajstić information content (AvgIpc) is 3.08. The highest BCUT2D eigenvalue weighted by Gasteiger charge is 2.15. The molecule has 2 rings (SSSR count). The summed E-state index contributed by atoms with van der Waals surface area (Å²) in [6.07, 6.45) is 4.54. The van der Waals surface area contributed by atoms with Crippen LogP contribution in [0.15, 0.2) is 69.9 Å². The van der Waals surface area contributed by atoms with Crippen molar-refractivity contribution in [3.05, 3.63) is 76.8 Å². The molecular formula is C17H15BrN2O3. The highest BCUT2D eigenvalue weighted by molar-refractivity contribution is 9.10. The van der Waals surface area contributed by atoms with Gasteiger partial charge in [0.15, 0.2) is 5.76 Å². The standard InChI is InChI=1S/C17H15BrN2O3/c1-2-9-19-16(21)14(11-12-5-7-13(18)8-6-12)20-17(22)15-4-3-10-23-15/h2-8,10-11H,1,9H2,(H,19,21)(H,20,22)/b14-11+. The van der Waals surface area contributed by atoms with Crippen molar-refractivity contribution in [1.82, 2.24) is 10.6 Å². The number of benzene rings is 1. The summed E-state index contributed by atoms with van der Waals surface area (Å²) in [6.45, 7) is 3.84. The van der Waals surface area contributed by atoms with Crippen LogP contribution in [0.5, 0.6) is 0 Å². The van der Waals surface area contributed by atoms with E-state index in [1.807, 2.05) is 24.3 Å². The van der Waals surface area contributed by atoms with Crippen LogP contribution in [-0.4, -0.2) is 18.4 Å². The summed E-state index contributed by atoms with van der Waals surface area (Å²) >= 11 is 3.35. The summed E-state index contributed by atoms with van der Waals surface area (Å²) in [5, 5.41) is 5.20. The molecule has 0 aliphatic carbocycles. The number of halogens is 1. The number of hydrogen-bond donors (Lipinski definition) is 2. The van der Waals surface area contributed by atoms with Gasteiger partial charge in [-0.1, -0.05) is 34.1 Å². The van der Waals surface area contributed by atoms with Gasteiger partial charge in [0.1, 0.15) is 5.70 Å². The molecule has 0 atom stereocenters. The first-order chi connectivity index (χ1) is 11.1. The molecule has 0 bridgehead atoms. The number of nitrogens with one attached hydrogen (secondary N) is 2. The van der Waals surface area contributed by atoms with Gasteiger partial charge >= 0.3 is 0 Å². The number of amides is 2. The molecule has 1 aromatic carbocycles. The van der Waals surface area contributed by atoms with Crippen molar-refractivity contribution in [3.8, 4) is 0 Å². The quantitative estimate of drug-likeness (QED) is 0.602. The van der Waals surface area contributed by atoms with Crippen LogP contribution >= 0.6 is 15.9 Å². The van der Waals surface area contributed by atoms with Gasteiger partial charge in [-0.15, -0.1) is 6.58 Å². The highest BCUT2D eigenvalue weighted by atomic mass is 79.9. The van der Waals surface area contributed by atoms with Crippen LogP contribution in [0, 0.1) is 0 Å². The van der Waals surface area contributed by atoms with Gasteiger partial charge < -0.3 is 15.1 Å². The van der Waals surface area contributed by atoms with Gasteiger partial charge in [0.25, 0.3) is 11.8 Å². The fourth-order valence-electron chi connectivity index (χ4n) is 1.74. The van der Waals surface area contributed by atoms with Gasteiger partial charge in [-0.25, -0.2) is 0 Å². The maximum Gasteiger partial charge on any atom is 0.291 e. The number of carbonyl (C=O) groups excluding carboxylic acids is 2. The molecule has 5 nitrogen and oxygen atoms in total. The van der Waals surface area contributed by atoms with E-state index in [1.165, 1.54) is 12.3 Å². The van der Waals surface area contributed by atoms with Crippen LogP contribution < -0.4 is 10.6 Å². The molecule has 0 unspecified atom stereocenters. The Hall–Kier alpha value is -2.60.